The molecule has 6 heteroatoms. The van der Waals surface area contributed by atoms with Crippen molar-refractivity contribution in [1.29, 1.82) is 0 Å². The maximum absolute atomic E-state index is 13.1. The zero-order chi connectivity index (χ0) is 18.6. The highest BCUT2D eigenvalue weighted by atomic mass is 19.1. The largest absolute Gasteiger partial charge is 0.317 e. The highest BCUT2D eigenvalue weighted by Crippen LogP contribution is 2.27. The zero-order valence-corrected chi connectivity index (χ0v) is 16.3. The molecule has 2 aliphatic heterocycles. The SMILES string of the molecule is Cn1c(CN2CCCCC2)nnc1[C@@H]1CCCN(Cc2ccc(F)cc2)C1. The number of rotatable bonds is 5. The van der Waals surface area contributed by atoms with Gasteiger partial charge in [-0.1, -0.05) is 18.6 Å². The Kier molecular flexibility index (Phi) is 5.83. The van der Waals surface area contributed by atoms with Crippen LogP contribution in [0.4, 0.5) is 4.39 Å². The molecule has 2 aliphatic rings. The maximum Gasteiger partial charge on any atom is 0.146 e. The number of nitrogens with zero attached hydrogens (tertiary/aromatic N) is 5. The number of aromatic nitrogens is 3. The van der Waals surface area contributed by atoms with Gasteiger partial charge in [-0.3, -0.25) is 9.80 Å². The summed E-state index contributed by atoms with van der Waals surface area (Å²) in [6, 6.07) is 6.87. The van der Waals surface area contributed by atoms with E-state index in [0.29, 0.717) is 5.92 Å². The Morgan fingerprint density at radius 2 is 1.67 bits per heavy atom. The highest BCUT2D eigenvalue weighted by Gasteiger charge is 2.26. The van der Waals surface area contributed by atoms with Gasteiger partial charge < -0.3 is 4.57 Å². The fourth-order valence-corrected chi connectivity index (χ4v) is 4.44. The lowest BCUT2D eigenvalue weighted by atomic mass is 9.96. The number of hydrogen-bond donors (Lipinski definition) is 0. The summed E-state index contributed by atoms with van der Waals surface area (Å²) in [5.41, 5.74) is 1.17. The lowest BCUT2D eigenvalue weighted by molar-refractivity contribution is 0.194. The molecule has 0 spiro atoms. The predicted octanol–water partition coefficient (Wildman–Crippen LogP) is 3.32. The van der Waals surface area contributed by atoms with E-state index in [9.17, 15) is 4.39 Å². The van der Waals surface area contributed by atoms with Crippen LogP contribution in [-0.4, -0.2) is 50.7 Å². The van der Waals surface area contributed by atoms with Gasteiger partial charge in [-0.15, -0.1) is 10.2 Å². The fraction of sp³-hybridized carbons (Fsp3) is 0.619. The zero-order valence-electron chi connectivity index (χ0n) is 16.3. The summed E-state index contributed by atoms with van der Waals surface area (Å²) in [7, 11) is 2.12. The molecule has 0 amide bonds. The first-order valence-electron chi connectivity index (χ1n) is 10.3. The summed E-state index contributed by atoms with van der Waals surface area (Å²) >= 11 is 0. The molecule has 1 aromatic carbocycles. The average Bonchev–Trinajstić information content (AvgIpc) is 3.05. The van der Waals surface area contributed by atoms with Crippen LogP contribution in [0.2, 0.25) is 0 Å². The van der Waals surface area contributed by atoms with E-state index in [0.717, 1.165) is 44.2 Å². The van der Waals surface area contributed by atoms with Crippen LogP contribution in [0.1, 0.15) is 55.2 Å². The number of benzene rings is 1. The Morgan fingerprint density at radius 1 is 0.926 bits per heavy atom. The van der Waals surface area contributed by atoms with Gasteiger partial charge in [0, 0.05) is 26.1 Å². The fourth-order valence-electron chi connectivity index (χ4n) is 4.44. The van der Waals surface area contributed by atoms with Gasteiger partial charge in [0.25, 0.3) is 0 Å². The summed E-state index contributed by atoms with van der Waals surface area (Å²) in [5.74, 6) is 2.45. The molecule has 0 saturated carbocycles. The van der Waals surface area contributed by atoms with Crippen molar-refractivity contribution in [2.45, 2.75) is 51.1 Å². The summed E-state index contributed by atoms with van der Waals surface area (Å²) in [4.78, 5) is 4.96. The third-order valence-corrected chi connectivity index (χ3v) is 6.00. The van der Waals surface area contributed by atoms with Crippen molar-refractivity contribution in [1.82, 2.24) is 24.6 Å². The maximum atomic E-state index is 13.1. The van der Waals surface area contributed by atoms with Gasteiger partial charge in [0.15, 0.2) is 0 Å². The van der Waals surface area contributed by atoms with E-state index in [1.807, 2.05) is 12.1 Å². The smallest absolute Gasteiger partial charge is 0.146 e. The third-order valence-electron chi connectivity index (χ3n) is 6.00. The van der Waals surface area contributed by atoms with Crippen LogP contribution in [0.5, 0.6) is 0 Å². The summed E-state index contributed by atoms with van der Waals surface area (Å²) in [6.07, 6.45) is 6.28. The van der Waals surface area contributed by atoms with Crippen LogP contribution in [0.3, 0.4) is 0 Å². The van der Waals surface area contributed by atoms with Crippen LogP contribution in [0, 0.1) is 5.82 Å². The molecule has 0 bridgehead atoms. The number of piperidine rings is 2. The molecule has 0 N–H and O–H groups in total. The lowest BCUT2D eigenvalue weighted by Gasteiger charge is -2.32. The molecule has 1 aromatic heterocycles. The molecule has 3 heterocycles. The Bertz CT molecular complexity index is 736. The molecule has 0 radical (unpaired) electrons. The lowest BCUT2D eigenvalue weighted by Crippen LogP contribution is -2.35. The number of halogens is 1. The van der Waals surface area contributed by atoms with Crippen molar-refractivity contribution in [2.24, 2.45) is 7.05 Å². The molecule has 2 aromatic rings. The monoisotopic (exact) mass is 371 g/mol. The van der Waals surface area contributed by atoms with E-state index in [1.165, 1.54) is 44.3 Å². The van der Waals surface area contributed by atoms with Crippen LogP contribution in [-0.2, 0) is 20.1 Å². The van der Waals surface area contributed by atoms with Crippen molar-refractivity contribution in [3.05, 3.63) is 47.3 Å². The van der Waals surface area contributed by atoms with Crippen molar-refractivity contribution < 1.29 is 4.39 Å². The molecule has 27 heavy (non-hydrogen) atoms. The van der Waals surface area contributed by atoms with E-state index in [1.54, 1.807) is 12.1 Å². The summed E-state index contributed by atoms with van der Waals surface area (Å²) in [5, 5.41) is 9.08. The molecular formula is C21H30FN5. The first kappa shape index (κ1) is 18.6. The summed E-state index contributed by atoms with van der Waals surface area (Å²) < 4.78 is 15.4. The van der Waals surface area contributed by atoms with E-state index in [2.05, 4.69) is 31.6 Å². The van der Waals surface area contributed by atoms with Crippen molar-refractivity contribution in [3.8, 4) is 0 Å². The summed E-state index contributed by atoms with van der Waals surface area (Å²) in [6.45, 7) is 6.22. The highest BCUT2D eigenvalue weighted by molar-refractivity contribution is 5.16. The topological polar surface area (TPSA) is 37.2 Å². The van der Waals surface area contributed by atoms with Gasteiger partial charge in [-0.25, -0.2) is 4.39 Å². The quantitative estimate of drug-likeness (QED) is 0.808. The first-order valence-corrected chi connectivity index (χ1v) is 10.3. The third kappa shape index (κ3) is 4.55. The Balaban J connectivity index is 1.39. The average molecular weight is 372 g/mol. The second-order valence-corrected chi connectivity index (χ2v) is 8.07. The second kappa shape index (κ2) is 8.48. The molecule has 2 saturated heterocycles. The van der Waals surface area contributed by atoms with Crippen LogP contribution in [0.25, 0.3) is 0 Å². The number of hydrogen-bond acceptors (Lipinski definition) is 4. The standard InChI is InChI=1S/C21H30FN5/c1-25-20(16-26-11-3-2-4-12-26)23-24-21(25)18-6-5-13-27(15-18)14-17-7-9-19(22)10-8-17/h7-10,18H,2-6,11-16H2,1H3/t18-/m1/s1. The molecule has 5 nitrogen and oxygen atoms in total. The van der Waals surface area contributed by atoms with Gasteiger partial charge in [-0.2, -0.15) is 0 Å². The van der Waals surface area contributed by atoms with Crippen molar-refractivity contribution >= 4 is 0 Å². The second-order valence-electron chi connectivity index (χ2n) is 8.07. The molecular weight excluding hydrogens is 341 g/mol. The minimum atomic E-state index is -0.171. The Labute approximate surface area is 161 Å². The van der Waals surface area contributed by atoms with E-state index in [-0.39, 0.29) is 5.82 Å². The van der Waals surface area contributed by atoms with E-state index in [4.69, 9.17) is 0 Å². The van der Waals surface area contributed by atoms with Crippen molar-refractivity contribution in [2.75, 3.05) is 26.2 Å². The Morgan fingerprint density at radius 3 is 2.44 bits per heavy atom. The van der Waals surface area contributed by atoms with Gasteiger partial charge in [0.05, 0.1) is 6.54 Å². The van der Waals surface area contributed by atoms with Crippen molar-refractivity contribution in [3.63, 3.8) is 0 Å². The molecule has 0 aliphatic carbocycles. The van der Waals surface area contributed by atoms with Gasteiger partial charge in [0.1, 0.15) is 17.5 Å². The van der Waals surface area contributed by atoms with Crippen LogP contribution >= 0.6 is 0 Å². The minimum absolute atomic E-state index is 0.171. The van der Waals surface area contributed by atoms with E-state index < -0.39 is 0 Å². The van der Waals surface area contributed by atoms with E-state index >= 15 is 0 Å². The molecule has 0 unspecified atom stereocenters. The van der Waals surface area contributed by atoms with Gasteiger partial charge >= 0.3 is 0 Å². The Hall–Kier alpha value is -1.79. The minimum Gasteiger partial charge on any atom is -0.317 e. The van der Waals surface area contributed by atoms with Gasteiger partial charge in [-0.05, 0) is 63.0 Å². The predicted molar refractivity (Wildman–Crippen MR) is 104 cm³/mol. The molecule has 4 rings (SSSR count). The number of likely N-dealkylation sites (tertiary alicyclic amines) is 2. The van der Waals surface area contributed by atoms with Crippen LogP contribution < -0.4 is 0 Å². The molecule has 1 atom stereocenters. The molecule has 146 valence electrons. The normalized spacial score (nSPS) is 22.2. The van der Waals surface area contributed by atoms with Crippen LogP contribution in [0.15, 0.2) is 24.3 Å². The first-order chi connectivity index (χ1) is 13.2. The molecule has 2 fully saturated rings. The van der Waals surface area contributed by atoms with Gasteiger partial charge in [0.2, 0.25) is 0 Å².